The molecule has 1 aliphatic rings. The maximum Gasteiger partial charge on any atom is 0.228 e. The van der Waals surface area contributed by atoms with Crippen LogP contribution < -0.4 is 4.90 Å². The van der Waals surface area contributed by atoms with Crippen LogP contribution >= 0.6 is 11.6 Å². The molecule has 1 aliphatic heterocycles. The van der Waals surface area contributed by atoms with Gasteiger partial charge in [0.2, 0.25) is 11.2 Å². The number of para-hydroxylation sites is 1. The Labute approximate surface area is 115 Å². The van der Waals surface area contributed by atoms with Gasteiger partial charge in [-0.2, -0.15) is 4.98 Å². The van der Waals surface area contributed by atoms with E-state index in [0.29, 0.717) is 18.8 Å². The Balaban J connectivity index is 2.14. The van der Waals surface area contributed by atoms with E-state index in [0.717, 1.165) is 10.9 Å². The zero-order chi connectivity index (χ0) is 13.4. The molecule has 1 amide bonds. The largest absolute Gasteiger partial charge is 0.296 e. The number of nitrogens with zero attached hydrogens (tertiary/aromatic N) is 3. The molecule has 1 atom stereocenters. The second kappa shape index (κ2) is 4.63. The van der Waals surface area contributed by atoms with Crippen LogP contribution in [0.5, 0.6) is 0 Å². The number of benzene rings is 1. The Morgan fingerprint density at radius 3 is 2.89 bits per heavy atom. The summed E-state index contributed by atoms with van der Waals surface area (Å²) >= 11 is 5.94. The van der Waals surface area contributed by atoms with Crippen LogP contribution in [0.25, 0.3) is 10.9 Å². The summed E-state index contributed by atoms with van der Waals surface area (Å²) in [6.45, 7) is 4.34. The van der Waals surface area contributed by atoms with Crippen molar-refractivity contribution in [2.75, 3.05) is 11.4 Å². The topological polar surface area (TPSA) is 46.1 Å². The predicted molar refractivity (Wildman–Crippen MR) is 75.2 cm³/mol. The molecule has 0 N–H and O–H groups in total. The normalized spacial score (nSPS) is 19.1. The molecule has 0 spiro atoms. The van der Waals surface area contributed by atoms with Crippen LogP contribution in [-0.2, 0) is 4.79 Å². The molecular formula is C14H12ClN3O. The molecule has 0 bridgehead atoms. The van der Waals surface area contributed by atoms with E-state index in [1.165, 1.54) is 0 Å². The van der Waals surface area contributed by atoms with Gasteiger partial charge in [-0.15, -0.1) is 6.58 Å². The first-order valence-corrected chi connectivity index (χ1v) is 6.42. The molecule has 2 heterocycles. The SMILES string of the molecule is C=CC1CC(=O)N(c2nc(Cl)nc3ccccc23)C1. The number of anilines is 1. The maximum absolute atomic E-state index is 12.1. The van der Waals surface area contributed by atoms with Crippen molar-refractivity contribution in [1.29, 1.82) is 0 Å². The van der Waals surface area contributed by atoms with Crippen molar-refractivity contribution in [2.24, 2.45) is 5.92 Å². The first kappa shape index (κ1) is 12.1. The lowest BCUT2D eigenvalue weighted by molar-refractivity contribution is -0.117. The number of halogens is 1. The standard InChI is InChI=1S/C14H12ClN3O/c1-2-9-7-12(19)18(8-9)13-10-5-3-4-6-11(10)16-14(15)17-13/h2-6,9H,1,7-8H2. The molecule has 0 radical (unpaired) electrons. The van der Waals surface area contributed by atoms with Gasteiger partial charge in [-0.05, 0) is 23.7 Å². The second-order valence-corrected chi connectivity index (χ2v) is 4.88. The third-order valence-electron chi connectivity index (χ3n) is 3.30. The molecule has 5 heteroatoms. The van der Waals surface area contributed by atoms with Crippen LogP contribution in [0.2, 0.25) is 5.28 Å². The molecule has 1 fully saturated rings. The first-order chi connectivity index (χ1) is 9.19. The van der Waals surface area contributed by atoms with Gasteiger partial charge in [0.25, 0.3) is 0 Å². The third-order valence-corrected chi connectivity index (χ3v) is 3.47. The number of aromatic nitrogens is 2. The van der Waals surface area contributed by atoms with Crippen LogP contribution in [0.3, 0.4) is 0 Å². The first-order valence-electron chi connectivity index (χ1n) is 6.04. The van der Waals surface area contributed by atoms with Gasteiger partial charge in [-0.1, -0.05) is 18.2 Å². The van der Waals surface area contributed by atoms with E-state index in [1.54, 1.807) is 4.90 Å². The molecule has 2 aromatic rings. The molecule has 4 nitrogen and oxygen atoms in total. The minimum absolute atomic E-state index is 0.0461. The van der Waals surface area contributed by atoms with Gasteiger partial charge in [0.1, 0.15) is 5.82 Å². The van der Waals surface area contributed by atoms with E-state index >= 15 is 0 Å². The summed E-state index contributed by atoms with van der Waals surface area (Å²) in [5.74, 6) is 0.801. The number of hydrogen-bond donors (Lipinski definition) is 0. The van der Waals surface area contributed by atoms with Crippen molar-refractivity contribution in [2.45, 2.75) is 6.42 Å². The second-order valence-electron chi connectivity index (χ2n) is 4.54. The molecule has 1 unspecified atom stereocenters. The summed E-state index contributed by atoms with van der Waals surface area (Å²) in [6.07, 6.45) is 2.28. The van der Waals surface area contributed by atoms with Crippen LogP contribution in [0, 0.1) is 5.92 Å². The van der Waals surface area contributed by atoms with E-state index in [9.17, 15) is 4.79 Å². The fourth-order valence-electron chi connectivity index (χ4n) is 2.34. The average molecular weight is 274 g/mol. The van der Waals surface area contributed by atoms with E-state index < -0.39 is 0 Å². The minimum atomic E-state index is 0.0461. The Morgan fingerprint density at radius 2 is 2.16 bits per heavy atom. The van der Waals surface area contributed by atoms with Crippen LogP contribution in [0.1, 0.15) is 6.42 Å². The Bertz CT molecular complexity index is 671. The van der Waals surface area contributed by atoms with Gasteiger partial charge in [0, 0.05) is 24.3 Å². The summed E-state index contributed by atoms with van der Waals surface area (Å²) in [5.41, 5.74) is 0.743. The van der Waals surface area contributed by atoms with Crippen molar-refractivity contribution >= 4 is 34.2 Å². The summed E-state index contributed by atoms with van der Waals surface area (Å²) in [6, 6.07) is 7.54. The van der Waals surface area contributed by atoms with Crippen molar-refractivity contribution in [3.8, 4) is 0 Å². The molecule has 1 aromatic carbocycles. The van der Waals surface area contributed by atoms with Crippen molar-refractivity contribution in [3.05, 3.63) is 42.2 Å². The molecule has 0 saturated carbocycles. The quantitative estimate of drug-likeness (QED) is 0.624. The van der Waals surface area contributed by atoms with Crippen molar-refractivity contribution in [3.63, 3.8) is 0 Å². The minimum Gasteiger partial charge on any atom is -0.296 e. The highest BCUT2D eigenvalue weighted by atomic mass is 35.5. The number of amides is 1. The van der Waals surface area contributed by atoms with Gasteiger partial charge in [-0.25, -0.2) is 4.98 Å². The maximum atomic E-state index is 12.1. The summed E-state index contributed by atoms with van der Waals surface area (Å²) < 4.78 is 0. The molecule has 1 aromatic heterocycles. The molecule has 19 heavy (non-hydrogen) atoms. The van der Waals surface area contributed by atoms with Gasteiger partial charge >= 0.3 is 0 Å². The fourth-order valence-corrected chi connectivity index (χ4v) is 2.51. The third kappa shape index (κ3) is 2.08. The van der Waals surface area contributed by atoms with E-state index in [1.807, 2.05) is 30.3 Å². The fraction of sp³-hybridized carbons (Fsp3) is 0.214. The molecular weight excluding hydrogens is 262 g/mol. The van der Waals surface area contributed by atoms with E-state index in [4.69, 9.17) is 11.6 Å². The van der Waals surface area contributed by atoms with Crippen molar-refractivity contribution < 1.29 is 4.79 Å². The molecule has 3 rings (SSSR count). The highest BCUT2D eigenvalue weighted by Gasteiger charge is 2.30. The lowest BCUT2D eigenvalue weighted by Crippen LogP contribution is -2.25. The predicted octanol–water partition coefficient (Wildman–Crippen LogP) is 2.82. The number of rotatable bonds is 2. The highest BCUT2D eigenvalue weighted by Crippen LogP contribution is 2.30. The Hall–Kier alpha value is -1.94. The zero-order valence-electron chi connectivity index (χ0n) is 10.2. The average Bonchev–Trinajstić information content (AvgIpc) is 2.79. The molecule has 1 saturated heterocycles. The molecule has 96 valence electrons. The highest BCUT2D eigenvalue weighted by molar-refractivity contribution is 6.29. The number of fused-ring (bicyclic) bond motifs is 1. The Morgan fingerprint density at radius 1 is 1.37 bits per heavy atom. The van der Waals surface area contributed by atoms with Gasteiger partial charge in [0.05, 0.1) is 5.52 Å². The van der Waals surface area contributed by atoms with Gasteiger partial charge in [-0.3, -0.25) is 9.69 Å². The van der Waals surface area contributed by atoms with Crippen LogP contribution in [0.15, 0.2) is 36.9 Å². The van der Waals surface area contributed by atoms with Gasteiger partial charge < -0.3 is 0 Å². The smallest absolute Gasteiger partial charge is 0.228 e. The summed E-state index contributed by atoms with van der Waals surface area (Å²) in [5, 5.41) is 0.994. The van der Waals surface area contributed by atoms with Crippen molar-refractivity contribution in [1.82, 2.24) is 9.97 Å². The number of hydrogen-bond acceptors (Lipinski definition) is 3. The van der Waals surface area contributed by atoms with Crippen LogP contribution in [0.4, 0.5) is 5.82 Å². The lowest BCUT2D eigenvalue weighted by atomic mass is 10.1. The summed E-state index contributed by atoms with van der Waals surface area (Å²) in [7, 11) is 0. The summed E-state index contributed by atoms with van der Waals surface area (Å²) in [4.78, 5) is 22.1. The molecule has 0 aliphatic carbocycles. The van der Waals surface area contributed by atoms with Gasteiger partial charge in [0.15, 0.2) is 0 Å². The monoisotopic (exact) mass is 273 g/mol. The number of carbonyl (C=O) groups excluding carboxylic acids is 1. The van der Waals surface area contributed by atoms with E-state index in [2.05, 4.69) is 16.5 Å². The zero-order valence-corrected chi connectivity index (χ0v) is 11.0. The van der Waals surface area contributed by atoms with E-state index in [-0.39, 0.29) is 17.1 Å². The number of carbonyl (C=O) groups is 1. The lowest BCUT2D eigenvalue weighted by Gasteiger charge is -2.17. The Kier molecular flexibility index (Phi) is 2.95. The van der Waals surface area contributed by atoms with Crippen LogP contribution in [-0.4, -0.2) is 22.4 Å².